The predicted octanol–water partition coefficient (Wildman–Crippen LogP) is 13.0. The van der Waals surface area contributed by atoms with Crippen molar-refractivity contribution in [3.63, 3.8) is 0 Å². The van der Waals surface area contributed by atoms with E-state index in [1.54, 1.807) is 67.5 Å². The Balaban J connectivity index is 0.000000117. The Kier molecular flexibility index (Phi) is 24.8. The smallest absolute Gasteiger partial charge is 0.328 e. The molecule has 0 radical (unpaired) electrons. The monoisotopic (exact) mass is 1770 g/mol. The highest BCUT2D eigenvalue weighted by atomic mass is 35.5. The van der Waals surface area contributed by atoms with Crippen LogP contribution in [0.25, 0.3) is 111 Å². The normalized spacial score (nSPS) is 15.8. The zero-order valence-corrected chi connectivity index (χ0v) is 74.3. The van der Waals surface area contributed by atoms with E-state index in [2.05, 4.69) is 94.7 Å². The zero-order valence-electron chi connectivity index (χ0n) is 73.6. The van der Waals surface area contributed by atoms with Crippen molar-refractivity contribution < 1.29 is 28.3 Å². The first-order valence-electron chi connectivity index (χ1n) is 44.2. The first-order valence-corrected chi connectivity index (χ1v) is 44.5. The van der Waals surface area contributed by atoms with Gasteiger partial charge in [0.05, 0.1) is 80.3 Å². The lowest BCUT2D eigenvalue weighted by Gasteiger charge is -2.37. The van der Waals surface area contributed by atoms with Crippen LogP contribution in [0.1, 0.15) is 40.5 Å². The number of hydrogen-bond donors (Lipinski definition) is 0. The molecule has 130 heavy (non-hydrogen) atoms. The fourth-order valence-electron chi connectivity index (χ4n) is 18.0. The van der Waals surface area contributed by atoms with E-state index in [0.717, 1.165) is 104 Å². The number of amides is 4. The van der Waals surface area contributed by atoms with Crippen LogP contribution in [0.5, 0.6) is 0 Å². The van der Waals surface area contributed by atoms with Crippen LogP contribution in [0.3, 0.4) is 0 Å². The first-order chi connectivity index (χ1) is 63.0. The third kappa shape index (κ3) is 17.1. The average molecular weight is 1770 g/mol. The van der Waals surface area contributed by atoms with Crippen LogP contribution in [0.15, 0.2) is 244 Å². The number of rotatable bonds is 8. The summed E-state index contributed by atoms with van der Waals surface area (Å²) < 4.78 is 31.5. The fourth-order valence-corrected chi connectivity index (χ4v) is 18.1. The molecular weight excluding hydrogens is 1670 g/mol. The highest BCUT2D eigenvalue weighted by Gasteiger charge is 2.35. The van der Waals surface area contributed by atoms with Gasteiger partial charge in [-0.1, -0.05) is 103 Å². The summed E-state index contributed by atoms with van der Waals surface area (Å²) >= 11 is 5.97. The molecule has 30 nitrogen and oxygen atoms in total. The van der Waals surface area contributed by atoms with Crippen LogP contribution in [0, 0.1) is 5.82 Å². The van der Waals surface area contributed by atoms with Crippen LogP contribution in [-0.4, -0.2) is 278 Å². The molecule has 4 amide bonds. The summed E-state index contributed by atoms with van der Waals surface area (Å²) in [6.07, 6.45) is 8.39. The number of piperidine rings is 1. The van der Waals surface area contributed by atoms with Gasteiger partial charge in [0, 0.05) is 180 Å². The predicted molar refractivity (Wildman–Crippen MR) is 503 cm³/mol. The van der Waals surface area contributed by atoms with Gasteiger partial charge in [-0.25, -0.2) is 23.6 Å². The van der Waals surface area contributed by atoms with Crippen molar-refractivity contribution in [2.24, 2.45) is 0 Å². The number of ether oxygens (including phenoxy) is 1. The number of carbonyl (C=O) groups excluding carboxylic acids is 4. The number of carbonyl (C=O) groups is 4. The summed E-state index contributed by atoms with van der Waals surface area (Å²) in [5.74, 6) is -0.465. The van der Waals surface area contributed by atoms with E-state index in [4.69, 9.17) is 21.4 Å². The lowest BCUT2D eigenvalue weighted by atomic mass is 10.0. The highest BCUT2D eigenvalue weighted by molar-refractivity contribution is 6.30. The number of nitrogens with zero attached hydrogens (tertiary/aromatic N) is 21. The van der Waals surface area contributed by atoms with Crippen molar-refractivity contribution in [1.82, 2.24) is 96.6 Å². The van der Waals surface area contributed by atoms with Crippen LogP contribution >= 0.6 is 11.6 Å². The zero-order chi connectivity index (χ0) is 90.3. The van der Waals surface area contributed by atoms with Crippen LogP contribution < -0.4 is 27.1 Å². The third-order valence-electron chi connectivity index (χ3n) is 25.5. The second-order valence-corrected chi connectivity index (χ2v) is 34.7. The van der Waals surface area contributed by atoms with Gasteiger partial charge >= 0.3 is 24.1 Å². The van der Waals surface area contributed by atoms with Gasteiger partial charge in [-0.3, -0.25) is 47.2 Å². The summed E-state index contributed by atoms with van der Waals surface area (Å²) in [4.78, 5) is 126. The number of anilines is 1. The Morgan fingerprint density at radius 2 is 0.685 bits per heavy atom. The number of likely N-dealkylation sites (tertiary alicyclic amines) is 1. The second-order valence-electron chi connectivity index (χ2n) is 34.2. The Morgan fingerprint density at radius 1 is 0.369 bits per heavy atom. The minimum Gasteiger partial charge on any atom is -0.378 e. The van der Waals surface area contributed by atoms with E-state index >= 15 is 0 Å². The maximum absolute atomic E-state index is 14.2. The van der Waals surface area contributed by atoms with Crippen molar-refractivity contribution in [2.75, 3.05) is 144 Å². The molecular formula is C98H101ClFN21O9. The molecule has 0 aromatic heterocycles. The number of morpholine rings is 1. The van der Waals surface area contributed by atoms with Gasteiger partial charge in [-0.15, -0.1) is 0 Å². The van der Waals surface area contributed by atoms with Crippen molar-refractivity contribution in [3.05, 3.63) is 277 Å². The third-order valence-corrected chi connectivity index (χ3v) is 25.7. The van der Waals surface area contributed by atoms with Gasteiger partial charge in [-0.05, 0) is 171 Å². The quantitative estimate of drug-likeness (QED) is 0.137. The Bertz CT molecular complexity index is 6960. The fraction of sp³-hybridized carbons (Fsp3) is 0.306. The molecule has 0 saturated carbocycles. The summed E-state index contributed by atoms with van der Waals surface area (Å²) in [5, 5.41) is 21.8. The molecule has 5 fully saturated rings. The van der Waals surface area contributed by atoms with Crippen molar-refractivity contribution in [1.29, 1.82) is 0 Å². The van der Waals surface area contributed by atoms with Crippen molar-refractivity contribution in [3.8, 4) is 67.8 Å². The molecule has 13 aliphatic rings. The van der Waals surface area contributed by atoms with Crippen molar-refractivity contribution in [2.45, 2.75) is 58.7 Å². The summed E-state index contributed by atoms with van der Waals surface area (Å²) in [7, 11) is 6.22. The van der Waals surface area contributed by atoms with Gasteiger partial charge in [0.25, 0.3) is 22.2 Å². The SMILES string of the molecule is CC(C)N1CCN(C(=O)n2cc3c(=O)n(-c4ccc(Cl)cc4)nc-3c3cc(F)ccc32)CC1.CC(C)N1CCN(C(=O)n2cc3c(=O)n(-c4ccccc4)nc-3c3cc(N4CCOCC4)ccc32)CC1.CN(C)C1CCN(C(=O)n2cc3c(=O)n(-c4ccccc4)nc-3c3ccccc32)CC1.CN1CCN(C(=O)n2cc3c(=O)n(-c4ccccc4)nc-3c3ccccc32)CC1. The van der Waals surface area contributed by atoms with Crippen molar-refractivity contribution >= 4 is 85.0 Å². The van der Waals surface area contributed by atoms with Gasteiger partial charge in [0.2, 0.25) is 0 Å². The maximum atomic E-state index is 14.2. The van der Waals surface area contributed by atoms with Crippen LogP contribution in [0.4, 0.5) is 29.3 Å². The number of piperazine rings is 3. The molecule has 0 unspecified atom stereocenters. The number of benzene rings is 8. The number of halogens is 2. The minimum atomic E-state index is -0.465. The molecule has 32 heteroatoms. The molecule has 666 valence electrons. The van der Waals surface area contributed by atoms with Crippen LogP contribution in [-0.2, 0) is 4.74 Å². The summed E-state index contributed by atoms with van der Waals surface area (Å²) in [6, 6.07) is 61.1. The molecule has 0 atom stereocenters. The molecule has 8 aromatic carbocycles. The standard InChI is InChI=1S/C28H32N6O3.C24H23ClFN5O2.C24H25N5O2.C22H21N5O2/c1-20(2)30-10-12-32(13-11-30)28(36)33-19-24-26(29-34(27(24)35)21-6-4-3-5-7-21)23-18-22(8-9-25(23)33)31-14-16-37-17-15-31;1-15(2)28-9-11-29(12-10-28)24(33)30-14-20-22(19-13-17(26)5-8-21(19)30)27-31(23(20)32)18-6-3-16(25)4-7-18;1-26(2)17-12-14-27(15-13-17)24(31)28-16-20-22(19-10-6-7-11-21(19)28)25-29(23(20)30)18-8-4-3-5-9-18;1-24-11-13-25(14-12-24)22(29)26-15-18-20(17-9-5-6-10-19(17)26)23-27(21(18)28)16-7-3-2-4-8-16/h3-9,18-20H,10-17H2,1-2H3;3-8,13-15H,9-12H2,1-2H3;3-11,16-17H,12-15H2,1-2H3;2-10,15H,11-14H2,1H3. The number of aromatic nitrogens is 12. The Labute approximate surface area is 753 Å². The van der Waals surface area contributed by atoms with E-state index in [-0.39, 0.29) is 51.9 Å². The Morgan fingerprint density at radius 3 is 1.06 bits per heavy atom. The average Bonchev–Trinajstić information content (AvgIpc) is 1.58. The Hall–Kier alpha value is -13.8. The number of likely N-dealkylation sites (N-methyl/N-ethyl adjacent to an activating group) is 1. The van der Waals surface area contributed by atoms with Gasteiger partial charge in [0.1, 0.15) is 28.6 Å². The largest absolute Gasteiger partial charge is 0.378 e. The van der Waals surface area contributed by atoms with E-state index < -0.39 is 5.82 Å². The number of para-hydroxylation sites is 5. The van der Waals surface area contributed by atoms with Gasteiger partial charge < -0.3 is 39.0 Å². The highest BCUT2D eigenvalue weighted by Crippen LogP contribution is 2.36. The molecule has 0 spiro atoms. The number of hydrogen-bond acceptors (Lipinski definition) is 18. The lowest BCUT2D eigenvalue weighted by molar-refractivity contribution is 0.120. The summed E-state index contributed by atoms with van der Waals surface area (Å²) in [5.41, 5.74) is 9.11. The van der Waals surface area contributed by atoms with E-state index in [1.807, 2.05) is 166 Å². The maximum Gasteiger partial charge on any atom is 0.328 e. The molecule has 13 aliphatic heterocycles. The molecule has 13 heterocycles. The number of fused-ring (bicyclic) bond motifs is 12. The van der Waals surface area contributed by atoms with E-state index in [9.17, 15) is 42.7 Å². The lowest BCUT2D eigenvalue weighted by Crippen LogP contribution is -2.51. The molecule has 5 saturated heterocycles. The molecule has 8 aromatic rings. The molecule has 0 aliphatic carbocycles. The van der Waals surface area contributed by atoms with Gasteiger partial charge in [0.15, 0.2) is 0 Å². The minimum absolute atomic E-state index is 0.0952. The molecule has 0 N–H and O–H groups in total. The van der Waals surface area contributed by atoms with E-state index in [1.165, 1.54) is 41.6 Å². The first kappa shape index (κ1) is 86.9. The second kappa shape index (κ2) is 37.1. The van der Waals surface area contributed by atoms with Crippen LogP contribution in [0.2, 0.25) is 5.02 Å². The number of pyridine rings is 4. The molecule has 0 bridgehead atoms. The topological polar surface area (TPSA) is 266 Å². The summed E-state index contributed by atoms with van der Waals surface area (Å²) in [6.45, 7) is 21.7. The van der Waals surface area contributed by atoms with E-state index in [0.29, 0.717) is 162 Å². The molecule has 21 rings (SSSR count). The van der Waals surface area contributed by atoms with Gasteiger partial charge in [-0.2, -0.15) is 39.1 Å².